The maximum Gasteiger partial charge on any atom is 0.139 e. The van der Waals surface area contributed by atoms with Crippen molar-refractivity contribution in [2.24, 2.45) is 11.8 Å². The molecular formula is C30H26Cl3FN4O2. The monoisotopic (exact) mass is 598 g/mol. The normalized spacial score (nSPS) is 15.2. The second-order valence-electron chi connectivity index (χ2n) is 9.80. The molecule has 5 aromatic rings. The van der Waals surface area contributed by atoms with Crippen LogP contribution in [0.2, 0.25) is 15.1 Å². The van der Waals surface area contributed by atoms with E-state index in [9.17, 15) is 9.50 Å². The molecule has 0 aliphatic heterocycles. The first-order valence-corrected chi connectivity index (χ1v) is 13.8. The third-order valence-corrected chi connectivity index (χ3v) is 7.83. The fraction of sp³-hybridized carbons (Fsp3) is 0.233. The quantitative estimate of drug-likeness (QED) is 0.204. The van der Waals surface area contributed by atoms with Gasteiger partial charge in [-0.3, -0.25) is 4.98 Å². The minimum atomic E-state index is -0.945. The Labute approximate surface area is 246 Å². The molecule has 206 valence electrons. The topological polar surface area (TPSA) is 73.1 Å². The number of nitrogens with zero attached hydrogens (tertiary/aromatic N) is 4. The van der Waals surface area contributed by atoms with Crippen LogP contribution >= 0.6 is 34.8 Å². The molecule has 10 heteroatoms. The summed E-state index contributed by atoms with van der Waals surface area (Å²) in [5, 5.41) is 17.7. The van der Waals surface area contributed by atoms with Crippen molar-refractivity contribution >= 4 is 45.7 Å². The van der Waals surface area contributed by atoms with E-state index in [0.29, 0.717) is 49.9 Å². The zero-order valence-corrected chi connectivity index (χ0v) is 23.8. The molecule has 6 rings (SSSR count). The molecule has 2 aromatic heterocycles. The molecular weight excluding hydrogens is 574 g/mol. The first kappa shape index (κ1) is 28.3. The molecule has 0 amide bonds. The number of hydrogen-bond donors (Lipinski definition) is 1. The molecule has 1 aliphatic rings. The predicted octanol–water partition coefficient (Wildman–Crippen LogP) is 8.34. The van der Waals surface area contributed by atoms with Gasteiger partial charge in [-0.1, -0.05) is 53.9 Å². The van der Waals surface area contributed by atoms with Crippen molar-refractivity contribution in [3.8, 4) is 11.5 Å². The van der Waals surface area contributed by atoms with Gasteiger partial charge >= 0.3 is 0 Å². The van der Waals surface area contributed by atoms with Crippen molar-refractivity contribution in [1.82, 2.24) is 19.7 Å². The Kier molecular flexibility index (Phi) is 8.57. The Morgan fingerprint density at radius 3 is 2.40 bits per heavy atom. The molecule has 2 heterocycles. The molecule has 0 saturated heterocycles. The van der Waals surface area contributed by atoms with Crippen molar-refractivity contribution in [1.29, 1.82) is 0 Å². The minimum absolute atomic E-state index is 0.174. The zero-order chi connectivity index (χ0) is 28.3. The molecule has 1 fully saturated rings. The standard InChI is InChI=1S/C15H8Cl2FNO.C15H18ClN3O/c16-9-7-12(17)15-13(8-9)19-6-5-14(15)20-11-3-1-10(18)2-4-11;1-11(12-2-3-12)15(20,8-19-10-17-9-18-19)13-4-6-14(16)7-5-13/h1-8H;4-7,9-12,20H,2-3,8H2,1H3. The minimum Gasteiger partial charge on any atom is -0.457 e. The summed E-state index contributed by atoms with van der Waals surface area (Å²) in [6.45, 7) is 2.52. The van der Waals surface area contributed by atoms with Crippen LogP contribution in [0.25, 0.3) is 10.9 Å². The Morgan fingerprint density at radius 2 is 1.75 bits per heavy atom. The van der Waals surface area contributed by atoms with Crippen LogP contribution in [-0.4, -0.2) is 24.9 Å². The summed E-state index contributed by atoms with van der Waals surface area (Å²) in [5.41, 5.74) is 0.582. The maximum atomic E-state index is 12.9. The fourth-order valence-corrected chi connectivity index (χ4v) is 5.37. The van der Waals surface area contributed by atoms with E-state index in [0.717, 1.165) is 5.56 Å². The molecule has 3 aromatic carbocycles. The summed E-state index contributed by atoms with van der Waals surface area (Å²) in [5.74, 6) is 1.50. The first-order valence-electron chi connectivity index (χ1n) is 12.7. The second-order valence-corrected chi connectivity index (χ2v) is 11.1. The molecule has 0 bridgehead atoms. The summed E-state index contributed by atoms with van der Waals surface area (Å²) in [4.78, 5) is 8.16. The molecule has 1 N–H and O–H groups in total. The number of ether oxygens (including phenoxy) is 1. The number of aromatic nitrogens is 4. The lowest BCUT2D eigenvalue weighted by Gasteiger charge is -2.35. The highest BCUT2D eigenvalue weighted by atomic mass is 35.5. The zero-order valence-electron chi connectivity index (χ0n) is 21.5. The molecule has 40 heavy (non-hydrogen) atoms. The Balaban J connectivity index is 0.000000161. The summed E-state index contributed by atoms with van der Waals surface area (Å²) in [6, 6.07) is 18.2. The van der Waals surface area contributed by atoms with E-state index < -0.39 is 5.60 Å². The largest absolute Gasteiger partial charge is 0.457 e. The number of benzene rings is 3. The molecule has 2 atom stereocenters. The highest BCUT2D eigenvalue weighted by Gasteiger charge is 2.44. The molecule has 0 radical (unpaired) electrons. The number of rotatable bonds is 7. The van der Waals surface area contributed by atoms with E-state index >= 15 is 0 Å². The maximum absolute atomic E-state index is 12.9. The van der Waals surface area contributed by atoms with Gasteiger partial charge in [-0.05, 0) is 84.8 Å². The molecule has 6 nitrogen and oxygen atoms in total. The third kappa shape index (κ3) is 6.56. The van der Waals surface area contributed by atoms with E-state index in [1.54, 1.807) is 47.5 Å². The van der Waals surface area contributed by atoms with Crippen molar-refractivity contribution in [2.45, 2.75) is 31.9 Å². The number of halogens is 4. The van der Waals surface area contributed by atoms with E-state index in [1.807, 2.05) is 24.3 Å². The smallest absolute Gasteiger partial charge is 0.139 e. The van der Waals surface area contributed by atoms with Crippen LogP contribution in [0.15, 0.2) is 85.6 Å². The molecule has 0 spiro atoms. The summed E-state index contributed by atoms with van der Waals surface area (Å²) >= 11 is 18.1. The van der Waals surface area contributed by atoms with Crippen LogP contribution in [-0.2, 0) is 12.1 Å². The number of fused-ring (bicyclic) bond motifs is 1. The van der Waals surface area contributed by atoms with Gasteiger partial charge in [-0.2, -0.15) is 5.10 Å². The van der Waals surface area contributed by atoms with Crippen LogP contribution in [0.4, 0.5) is 4.39 Å². The van der Waals surface area contributed by atoms with Crippen molar-refractivity contribution in [2.75, 3.05) is 0 Å². The van der Waals surface area contributed by atoms with Gasteiger partial charge in [0, 0.05) is 16.2 Å². The number of hydrogen-bond acceptors (Lipinski definition) is 5. The van der Waals surface area contributed by atoms with E-state index in [4.69, 9.17) is 39.5 Å². The van der Waals surface area contributed by atoms with Crippen LogP contribution in [0.1, 0.15) is 25.3 Å². The van der Waals surface area contributed by atoms with Crippen LogP contribution in [0.3, 0.4) is 0 Å². The number of pyridine rings is 1. The van der Waals surface area contributed by atoms with Crippen molar-refractivity contribution < 1.29 is 14.2 Å². The summed E-state index contributed by atoms with van der Waals surface area (Å²) in [7, 11) is 0. The van der Waals surface area contributed by atoms with Crippen molar-refractivity contribution in [3.63, 3.8) is 0 Å². The SMILES string of the molecule is CC(C1CC1)C(O)(Cn1cncn1)c1ccc(Cl)cc1.Fc1ccc(Oc2ccnc3cc(Cl)cc(Cl)c23)cc1. The van der Waals surface area contributed by atoms with Gasteiger partial charge in [0.2, 0.25) is 0 Å². The van der Waals surface area contributed by atoms with Crippen molar-refractivity contribution in [3.05, 3.63) is 112 Å². The van der Waals surface area contributed by atoms with Crippen LogP contribution < -0.4 is 4.74 Å². The summed E-state index contributed by atoms with van der Waals surface area (Å²) in [6.07, 6.45) is 7.11. The van der Waals surface area contributed by atoms with E-state index in [2.05, 4.69) is 22.0 Å². The van der Waals surface area contributed by atoms with Gasteiger partial charge in [0.05, 0.1) is 22.5 Å². The van der Waals surface area contributed by atoms with Crippen LogP contribution in [0.5, 0.6) is 11.5 Å². The fourth-order valence-electron chi connectivity index (χ4n) is 4.67. The average molecular weight is 600 g/mol. The van der Waals surface area contributed by atoms with Gasteiger partial charge in [-0.15, -0.1) is 0 Å². The van der Waals surface area contributed by atoms with E-state index in [1.165, 1.54) is 31.3 Å². The molecule has 1 aliphatic carbocycles. The molecule has 2 unspecified atom stereocenters. The average Bonchev–Trinajstić information content (AvgIpc) is 3.66. The predicted molar refractivity (Wildman–Crippen MR) is 155 cm³/mol. The van der Waals surface area contributed by atoms with Gasteiger partial charge in [0.1, 0.15) is 35.6 Å². The lowest BCUT2D eigenvalue weighted by atomic mass is 9.79. The second kappa shape index (κ2) is 12.1. The third-order valence-electron chi connectivity index (χ3n) is 7.06. The van der Waals surface area contributed by atoms with Gasteiger partial charge in [-0.25, -0.2) is 14.1 Å². The van der Waals surface area contributed by atoms with Crippen LogP contribution in [0, 0.1) is 17.7 Å². The summed E-state index contributed by atoms with van der Waals surface area (Å²) < 4.78 is 20.3. The number of aliphatic hydroxyl groups is 1. The van der Waals surface area contributed by atoms with E-state index in [-0.39, 0.29) is 11.7 Å². The Morgan fingerprint density at radius 1 is 1.02 bits per heavy atom. The lowest BCUT2D eigenvalue weighted by molar-refractivity contribution is -0.0442. The van der Waals surface area contributed by atoms with Gasteiger partial charge < -0.3 is 9.84 Å². The Bertz CT molecular complexity index is 1580. The molecule has 1 saturated carbocycles. The Hall–Kier alpha value is -3.23. The first-order chi connectivity index (χ1) is 19.2. The lowest BCUT2D eigenvalue weighted by Crippen LogP contribution is -2.39. The van der Waals surface area contributed by atoms with Gasteiger partial charge in [0.25, 0.3) is 0 Å². The highest BCUT2D eigenvalue weighted by Crippen LogP contribution is 2.46. The highest BCUT2D eigenvalue weighted by molar-refractivity contribution is 6.39. The van der Waals surface area contributed by atoms with Gasteiger partial charge in [0.15, 0.2) is 0 Å².